The first kappa shape index (κ1) is 29.4. The Kier molecular flexibility index (Phi) is 11.4. The Morgan fingerprint density at radius 2 is 1.79 bits per heavy atom. The van der Waals surface area contributed by atoms with Crippen LogP contribution in [0.25, 0.3) is 0 Å². The molecule has 0 spiro atoms. The van der Waals surface area contributed by atoms with Gasteiger partial charge in [-0.25, -0.2) is 4.79 Å². The fourth-order valence-corrected chi connectivity index (χ4v) is 3.92. The molecule has 0 saturated carbocycles. The van der Waals surface area contributed by atoms with Gasteiger partial charge in [0.25, 0.3) is 0 Å². The zero-order valence-corrected chi connectivity index (χ0v) is 22.9. The van der Waals surface area contributed by atoms with E-state index in [4.69, 9.17) is 42.9 Å². The number of nitrogens with two attached hydrogens (primary N) is 1. The maximum Gasteiger partial charge on any atom is 0.407 e. The fourth-order valence-electron chi connectivity index (χ4n) is 3.59. The van der Waals surface area contributed by atoms with E-state index in [9.17, 15) is 9.59 Å². The Labute approximate surface area is 232 Å². The van der Waals surface area contributed by atoms with Crippen LogP contribution >= 0.6 is 23.2 Å². The lowest BCUT2D eigenvalue weighted by atomic mass is 10.0. The molecule has 11 heteroatoms. The zero-order valence-electron chi connectivity index (χ0n) is 21.4. The quantitative estimate of drug-likeness (QED) is 0.197. The number of ether oxygens (including phenoxy) is 2. The number of ketones is 1. The van der Waals surface area contributed by atoms with E-state index in [-0.39, 0.29) is 17.8 Å². The first-order valence-electron chi connectivity index (χ1n) is 12.4. The van der Waals surface area contributed by atoms with Gasteiger partial charge < -0.3 is 25.0 Å². The van der Waals surface area contributed by atoms with E-state index in [1.165, 1.54) is 0 Å². The average molecular weight is 563 g/mol. The van der Waals surface area contributed by atoms with Crippen LogP contribution in [0, 0.1) is 0 Å². The number of alkyl carbamates (subject to hydrolysis) is 1. The third-order valence-electron chi connectivity index (χ3n) is 5.51. The lowest BCUT2D eigenvalue weighted by molar-refractivity contribution is 0.0868. The second-order valence-corrected chi connectivity index (χ2v) is 9.79. The van der Waals surface area contributed by atoms with Crippen molar-refractivity contribution in [3.8, 4) is 5.75 Å². The van der Waals surface area contributed by atoms with E-state index < -0.39 is 17.9 Å². The minimum Gasteiger partial charge on any atom is -0.493 e. The molecular formula is C27H32Cl2N4O5. The SMILES string of the molecule is CC(C)OC(=O)N[C@@H](CCCCN)C(=O)c1noc(Cc2ccc(OCCc3ccc(Cl)c(Cl)c3)cc2)n1. The molecule has 0 radical (unpaired) electrons. The predicted octanol–water partition coefficient (Wildman–Crippen LogP) is 5.40. The van der Waals surface area contributed by atoms with Gasteiger partial charge in [-0.05, 0) is 75.0 Å². The molecule has 1 amide bonds. The highest BCUT2D eigenvalue weighted by Gasteiger charge is 2.27. The first-order chi connectivity index (χ1) is 18.2. The van der Waals surface area contributed by atoms with Gasteiger partial charge >= 0.3 is 6.09 Å². The van der Waals surface area contributed by atoms with Gasteiger partial charge in [0, 0.05) is 6.42 Å². The molecule has 204 valence electrons. The van der Waals surface area contributed by atoms with Crippen LogP contribution in [0.3, 0.4) is 0 Å². The van der Waals surface area contributed by atoms with Crippen LogP contribution in [-0.2, 0) is 17.6 Å². The summed E-state index contributed by atoms with van der Waals surface area (Å²) in [6, 6.07) is 12.2. The number of hydrogen-bond acceptors (Lipinski definition) is 8. The highest BCUT2D eigenvalue weighted by atomic mass is 35.5. The molecule has 0 aliphatic rings. The second kappa shape index (κ2) is 14.7. The lowest BCUT2D eigenvalue weighted by Crippen LogP contribution is -2.42. The number of halogens is 2. The molecule has 3 rings (SSSR count). The summed E-state index contributed by atoms with van der Waals surface area (Å²) in [6.07, 6.45) is 1.80. The molecular weight excluding hydrogens is 531 g/mol. The topological polar surface area (TPSA) is 130 Å². The first-order valence-corrected chi connectivity index (χ1v) is 13.2. The van der Waals surface area contributed by atoms with Crippen LogP contribution in [-0.4, -0.2) is 47.3 Å². The largest absolute Gasteiger partial charge is 0.493 e. The van der Waals surface area contributed by atoms with Gasteiger partial charge in [-0.3, -0.25) is 4.79 Å². The van der Waals surface area contributed by atoms with Gasteiger partial charge in [0.1, 0.15) is 5.75 Å². The summed E-state index contributed by atoms with van der Waals surface area (Å²) in [5, 5.41) is 7.48. The molecule has 1 atom stereocenters. The number of Topliss-reactive ketones (excluding diaryl/α,β-unsaturated/α-hetero) is 1. The Morgan fingerprint density at radius 3 is 2.47 bits per heavy atom. The van der Waals surface area contributed by atoms with Crippen LogP contribution in [0.15, 0.2) is 47.0 Å². The maximum absolute atomic E-state index is 13.0. The molecule has 0 unspecified atom stereocenters. The molecule has 0 fully saturated rings. The highest BCUT2D eigenvalue weighted by Crippen LogP contribution is 2.23. The molecule has 3 aromatic rings. The van der Waals surface area contributed by atoms with Gasteiger partial charge in [-0.2, -0.15) is 4.98 Å². The third kappa shape index (κ3) is 9.31. The number of nitrogens with zero attached hydrogens (tertiary/aromatic N) is 2. The second-order valence-electron chi connectivity index (χ2n) is 8.98. The number of nitrogens with one attached hydrogen (secondary N) is 1. The zero-order chi connectivity index (χ0) is 27.5. The molecule has 1 aromatic heterocycles. The lowest BCUT2D eigenvalue weighted by Gasteiger charge is -2.17. The number of unbranched alkanes of at least 4 members (excludes halogenated alkanes) is 1. The molecule has 0 bridgehead atoms. The van der Waals surface area contributed by atoms with Crippen LogP contribution in [0.2, 0.25) is 10.0 Å². The predicted molar refractivity (Wildman–Crippen MR) is 145 cm³/mol. The number of hydrogen-bond donors (Lipinski definition) is 2. The Morgan fingerprint density at radius 1 is 1.05 bits per heavy atom. The number of rotatable bonds is 14. The van der Waals surface area contributed by atoms with Gasteiger partial charge in [0.2, 0.25) is 17.5 Å². The van der Waals surface area contributed by atoms with Crippen LogP contribution in [0.1, 0.15) is 60.7 Å². The van der Waals surface area contributed by atoms with Crippen LogP contribution < -0.4 is 15.8 Å². The minimum atomic E-state index is -0.835. The minimum absolute atomic E-state index is 0.0927. The van der Waals surface area contributed by atoms with Crippen molar-refractivity contribution in [3.63, 3.8) is 0 Å². The number of benzene rings is 2. The molecule has 0 aliphatic carbocycles. The van der Waals surface area contributed by atoms with E-state index in [2.05, 4.69) is 15.5 Å². The monoisotopic (exact) mass is 562 g/mol. The molecule has 2 aromatic carbocycles. The molecule has 0 saturated heterocycles. The summed E-state index contributed by atoms with van der Waals surface area (Å²) >= 11 is 12.0. The van der Waals surface area contributed by atoms with Gasteiger partial charge in [-0.1, -0.05) is 46.6 Å². The van der Waals surface area contributed by atoms with E-state index >= 15 is 0 Å². The molecule has 0 aliphatic heterocycles. The molecule has 38 heavy (non-hydrogen) atoms. The van der Waals surface area contributed by atoms with E-state index in [1.54, 1.807) is 19.9 Å². The highest BCUT2D eigenvalue weighted by molar-refractivity contribution is 6.42. The molecule has 3 N–H and O–H groups in total. The fraction of sp³-hybridized carbons (Fsp3) is 0.407. The molecule has 1 heterocycles. The van der Waals surface area contributed by atoms with Crippen molar-refractivity contribution in [3.05, 3.63) is 75.4 Å². The van der Waals surface area contributed by atoms with Gasteiger partial charge in [0.05, 0.1) is 35.2 Å². The van der Waals surface area contributed by atoms with E-state index in [0.717, 1.165) is 23.3 Å². The Balaban J connectivity index is 1.54. The summed E-state index contributed by atoms with van der Waals surface area (Å²) in [5.74, 6) is 0.468. The third-order valence-corrected chi connectivity index (χ3v) is 6.25. The van der Waals surface area contributed by atoms with Crippen molar-refractivity contribution in [1.82, 2.24) is 15.5 Å². The van der Waals surface area contributed by atoms with Crippen molar-refractivity contribution < 1.29 is 23.6 Å². The number of aromatic nitrogens is 2. The Hall–Kier alpha value is -3.14. The summed E-state index contributed by atoms with van der Waals surface area (Å²) in [7, 11) is 0. The summed E-state index contributed by atoms with van der Waals surface area (Å²) in [4.78, 5) is 29.3. The van der Waals surface area contributed by atoms with Crippen molar-refractivity contribution in [2.24, 2.45) is 5.73 Å². The number of carbonyl (C=O) groups is 2. The standard InChI is InChI=1S/C27H32Cl2N4O5/c1-17(2)37-27(35)31-23(5-3-4-13-30)25(34)26-32-24(38-33-26)16-18-6-9-20(10-7-18)36-14-12-19-8-11-21(28)22(29)15-19/h6-11,15,17,23H,3-5,12-14,16,30H2,1-2H3,(H,31,35)/t23-/m0/s1. The van der Waals surface area contributed by atoms with Crippen molar-refractivity contribution in [1.29, 1.82) is 0 Å². The van der Waals surface area contributed by atoms with Gasteiger partial charge in [0.15, 0.2) is 0 Å². The number of carbonyl (C=O) groups excluding carboxylic acids is 2. The maximum atomic E-state index is 13.0. The van der Waals surface area contributed by atoms with Crippen LogP contribution in [0.5, 0.6) is 5.75 Å². The summed E-state index contributed by atoms with van der Waals surface area (Å²) < 4.78 is 16.2. The van der Waals surface area contributed by atoms with E-state index in [1.807, 2.05) is 36.4 Å². The van der Waals surface area contributed by atoms with E-state index in [0.29, 0.717) is 48.9 Å². The normalized spacial score (nSPS) is 11.8. The number of amides is 1. The van der Waals surface area contributed by atoms with Gasteiger partial charge in [-0.15, -0.1) is 0 Å². The smallest absolute Gasteiger partial charge is 0.407 e. The molecule has 9 nitrogen and oxygen atoms in total. The van der Waals surface area contributed by atoms with Crippen LogP contribution in [0.4, 0.5) is 4.79 Å². The van der Waals surface area contributed by atoms with Crippen molar-refractivity contribution >= 4 is 35.1 Å². The average Bonchev–Trinajstić information content (AvgIpc) is 3.34. The van der Waals surface area contributed by atoms with Crippen molar-refractivity contribution in [2.45, 2.75) is 58.1 Å². The summed E-state index contributed by atoms with van der Waals surface area (Å²) in [5.41, 5.74) is 7.50. The van der Waals surface area contributed by atoms with Crippen molar-refractivity contribution in [2.75, 3.05) is 13.2 Å². The summed E-state index contributed by atoms with van der Waals surface area (Å²) in [6.45, 7) is 4.43. The Bertz CT molecular complexity index is 1200.